The summed E-state index contributed by atoms with van der Waals surface area (Å²) in [6.45, 7) is 1.74. The Morgan fingerprint density at radius 2 is 1.74 bits per heavy atom. The Kier molecular flexibility index (Phi) is 6.42. The molecule has 2 aliphatic rings. The summed E-state index contributed by atoms with van der Waals surface area (Å²) < 4.78 is 43.5. The molecule has 2 amide bonds. The van der Waals surface area contributed by atoms with Crippen LogP contribution in [-0.4, -0.2) is 65.9 Å². The van der Waals surface area contributed by atoms with Gasteiger partial charge in [0.05, 0.1) is 16.2 Å². The molecular weight excluding hydrogens is 457 g/mol. The Hall–Kier alpha value is -3.67. The third-order valence-corrected chi connectivity index (χ3v) is 5.80. The molecule has 180 valence electrons. The van der Waals surface area contributed by atoms with Crippen LogP contribution in [-0.2, 0) is 22.3 Å². The average Bonchev–Trinajstić information content (AvgIpc) is 2.80. The van der Waals surface area contributed by atoms with E-state index in [4.69, 9.17) is 4.74 Å². The number of nitrogens with zero attached hydrogens (tertiary/aromatic N) is 4. The molecule has 2 aromatic carbocycles. The lowest BCUT2D eigenvalue weighted by atomic mass is 10.1. The predicted octanol–water partition coefficient (Wildman–Crippen LogP) is 2.68. The first-order chi connectivity index (χ1) is 16.1. The largest absolute Gasteiger partial charge is 0.482 e. The first-order valence-electron chi connectivity index (χ1n) is 10.5. The Balaban J connectivity index is 1.35. The van der Waals surface area contributed by atoms with Crippen molar-refractivity contribution < 1.29 is 32.4 Å². The number of fused-ring (bicyclic) bond motifs is 1. The van der Waals surface area contributed by atoms with Crippen LogP contribution < -0.4 is 9.64 Å². The van der Waals surface area contributed by atoms with Gasteiger partial charge < -0.3 is 9.64 Å². The van der Waals surface area contributed by atoms with Crippen LogP contribution in [0, 0.1) is 10.1 Å². The minimum Gasteiger partial charge on any atom is -0.482 e. The number of carbonyl (C=O) groups is 2. The van der Waals surface area contributed by atoms with Gasteiger partial charge in [0.15, 0.2) is 6.61 Å². The van der Waals surface area contributed by atoms with Crippen molar-refractivity contribution in [1.29, 1.82) is 0 Å². The number of nitro benzene ring substituents is 1. The van der Waals surface area contributed by atoms with E-state index < -0.39 is 22.6 Å². The van der Waals surface area contributed by atoms with Crippen molar-refractivity contribution in [3.05, 3.63) is 63.7 Å². The third-order valence-electron chi connectivity index (χ3n) is 5.80. The SMILES string of the molecule is O=C(CN1C(=O)COc2ccc([N+](=O)[O-])cc21)N1CCN(Cc2ccc(C(F)(F)F)cc2)CC1. The van der Waals surface area contributed by atoms with E-state index in [1.165, 1.54) is 35.2 Å². The van der Waals surface area contributed by atoms with Gasteiger partial charge >= 0.3 is 6.18 Å². The maximum Gasteiger partial charge on any atom is 0.416 e. The number of nitro groups is 1. The second kappa shape index (κ2) is 9.29. The number of piperazine rings is 1. The zero-order valence-electron chi connectivity index (χ0n) is 18.0. The highest BCUT2D eigenvalue weighted by atomic mass is 19.4. The van der Waals surface area contributed by atoms with Gasteiger partial charge in [0.2, 0.25) is 5.91 Å². The van der Waals surface area contributed by atoms with E-state index in [2.05, 4.69) is 0 Å². The molecule has 1 saturated heterocycles. The molecule has 0 radical (unpaired) electrons. The lowest BCUT2D eigenvalue weighted by Gasteiger charge is -2.36. The second-order valence-electron chi connectivity index (χ2n) is 8.03. The number of hydrogen-bond acceptors (Lipinski definition) is 6. The molecule has 4 rings (SSSR count). The van der Waals surface area contributed by atoms with Gasteiger partial charge in [0.1, 0.15) is 12.3 Å². The zero-order valence-corrected chi connectivity index (χ0v) is 18.0. The molecule has 0 spiro atoms. The summed E-state index contributed by atoms with van der Waals surface area (Å²) in [6, 6.07) is 8.87. The first-order valence-corrected chi connectivity index (χ1v) is 10.5. The highest BCUT2D eigenvalue weighted by Gasteiger charge is 2.32. The van der Waals surface area contributed by atoms with Gasteiger partial charge in [0, 0.05) is 44.9 Å². The van der Waals surface area contributed by atoms with Gasteiger partial charge in [-0.05, 0) is 23.8 Å². The fourth-order valence-electron chi connectivity index (χ4n) is 3.93. The monoisotopic (exact) mass is 478 g/mol. The van der Waals surface area contributed by atoms with Crippen LogP contribution in [0.3, 0.4) is 0 Å². The number of halogens is 3. The fraction of sp³-hybridized carbons (Fsp3) is 0.364. The normalized spacial score (nSPS) is 16.7. The molecule has 2 heterocycles. The van der Waals surface area contributed by atoms with Crippen LogP contribution in [0.25, 0.3) is 0 Å². The van der Waals surface area contributed by atoms with Gasteiger partial charge in [0.25, 0.3) is 11.6 Å². The van der Waals surface area contributed by atoms with E-state index in [-0.39, 0.29) is 30.4 Å². The first kappa shape index (κ1) is 23.5. The molecule has 0 aliphatic carbocycles. The van der Waals surface area contributed by atoms with Crippen molar-refractivity contribution >= 4 is 23.2 Å². The highest BCUT2D eigenvalue weighted by Crippen LogP contribution is 2.35. The molecule has 0 aromatic heterocycles. The Morgan fingerprint density at radius 1 is 1.06 bits per heavy atom. The number of alkyl halides is 3. The zero-order chi connectivity index (χ0) is 24.5. The minimum absolute atomic E-state index is 0.180. The van der Waals surface area contributed by atoms with Crippen molar-refractivity contribution in [2.24, 2.45) is 0 Å². The minimum atomic E-state index is -4.38. The number of non-ortho nitro benzene ring substituents is 1. The van der Waals surface area contributed by atoms with Gasteiger partial charge in [-0.2, -0.15) is 13.2 Å². The third kappa shape index (κ3) is 5.11. The molecule has 1 fully saturated rings. The van der Waals surface area contributed by atoms with E-state index in [0.29, 0.717) is 38.5 Å². The van der Waals surface area contributed by atoms with Crippen molar-refractivity contribution in [2.45, 2.75) is 12.7 Å². The summed E-state index contributed by atoms with van der Waals surface area (Å²) in [5, 5.41) is 11.1. The van der Waals surface area contributed by atoms with Crippen LogP contribution in [0.4, 0.5) is 24.5 Å². The molecule has 0 N–H and O–H groups in total. The Morgan fingerprint density at radius 3 is 2.35 bits per heavy atom. The molecule has 0 bridgehead atoms. The Bertz CT molecular complexity index is 1100. The van der Waals surface area contributed by atoms with Crippen molar-refractivity contribution in [3.8, 4) is 5.75 Å². The molecule has 2 aliphatic heterocycles. The molecular formula is C22H21F3N4O5. The maximum absolute atomic E-state index is 12.9. The summed E-state index contributed by atoms with van der Waals surface area (Å²) in [7, 11) is 0. The van der Waals surface area contributed by atoms with E-state index in [1.807, 2.05) is 4.90 Å². The van der Waals surface area contributed by atoms with Crippen molar-refractivity contribution in [3.63, 3.8) is 0 Å². The predicted molar refractivity (Wildman–Crippen MR) is 114 cm³/mol. The number of amides is 2. The molecule has 9 nitrogen and oxygen atoms in total. The number of anilines is 1. The lowest BCUT2D eigenvalue weighted by molar-refractivity contribution is -0.384. The van der Waals surface area contributed by atoms with Crippen LogP contribution in [0.15, 0.2) is 42.5 Å². The number of benzene rings is 2. The summed E-state index contributed by atoms with van der Waals surface area (Å²) in [4.78, 5) is 40.6. The second-order valence-corrected chi connectivity index (χ2v) is 8.03. The Labute approximate surface area is 192 Å². The molecule has 2 aromatic rings. The van der Waals surface area contributed by atoms with E-state index in [0.717, 1.165) is 17.7 Å². The molecule has 0 unspecified atom stereocenters. The number of ether oxygens (including phenoxy) is 1. The quantitative estimate of drug-likeness (QED) is 0.484. The standard InChI is InChI=1S/C22H21F3N4O5/c23-22(24,25)16-3-1-15(2-4-16)12-26-7-9-27(10-8-26)20(30)13-28-18-11-17(29(32)33)5-6-19(18)34-14-21(28)31/h1-6,11H,7-10,12-14H2. The van der Waals surface area contributed by atoms with E-state index in [9.17, 15) is 32.9 Å². The smallest absolute Gasteiger partial charge is 0.416 e. The highest BCUT2D eigenvalue weighted by molar-refractivity contribution is 6.02. The number of hydrogen-bond donors (Lipinski definition) is 0. The summed E-state index contributed by atoms with van der Waals surface area (Å²) in [5.74, 6) is -0.483. The van der Waals surface area contributed by atoms with Crippen molar-refractivity contribution in [1.82, 2.24) is 9.80 Å². The van der Waals surface area contributed by atoms with Crippen molar-refractivity contribution in [2.75, 3.05) is 44.2 Å². The summed E-state index contributed by atoms with van der Waals surface area (Å²) in [6.07, 6.45) is -4.38. The van der Waals surface area contributed by atoms with E-state index in [1.54, 1.807) is 4.90 Å². The van der Waals surface area contributed by atoms with Gasteiger partial charge in [-0.15, -0.1) is 0 Å². The molecule has 12 heteroatoms. The van der Waals surface area contributed by atoms with Gasteiger partial charge in [-0.1, -0.05) is 12.1 Å². The molecule has 0 saturated carbocycles. The van der Waals surface area contributed by atoms with Crippen LogP contribution in [0.2, 0.25) is 0 Å². The lowest BCUT2D eigenvalue weighted by Crippen LogP contribution is -2.52. The average molecular weight is 478 g/mol. The number of carbonyl (C=O) groups excluding carboxylic acids is 2. The van der Waals surface area contributed by atoms with Gasteiger partial charge in [-0.25, -0.2) is 0 Å². The fourth-order valence-corrected chi connectivity index (χ4v) is 3.93. The van der Waals surface area contributed by atoms with Crippen LogP contribution in [0.5, 0.6) is 5.75 Å². The summed E-state index contributed by atoms with van der Waals surface area (Å²) in [5.41, 5.74) is 0.00671. The number of rotatable bonds is 5. The molecule has 0 atom stereocenters. The maximum atomic E-state index is 12.9. The van der Waals surface area contributed by atoms with E-state index >= 15 is 0 Å². The van der Waals surface area contributed by atoms with Crippen LogP contribution in [0.1, 0.15) is 11.1 Å². The topological polar surface area (TPSA) is 96.2 Å². The summed E-state index contributed by atoms with van der Waals surface area (Å²) >= 11 is 0. The molecule has 34 heavy (non-hydrogen) atoms. The van der Waals surface area contributed by atoms with Gasteiger partial charge in [-0.3, -0.25) is 29.5 Å². The van der Waals surface area contributed by atoms with Crippen LogP contribution >= 0.6 is 0 Å².